The van der Waals surface area contributed by atoms with Gasteiger partial charge in [0.15, 0.2) is 0 Å². The fourth-order valence-electron chi connectivity index (χ4n) is 1.19. The maximum Gasteiger partial charge on any atom is 0.241 e. The van der Waals surface area contributed by atoms with Gasteiger partial charge in [-0.3, -0.25) is 0 Å². The Bertz CT molecular complexity index is 495. The standard InChI is InChI=1S/C10H14BrClN2O2S.ClH/c1-7(13)4-5-14-17(15,16)10-3-2-8(12)6-9(10)11;/h2-3,6-7,14H,4-5,13H2,1H3;1H. The Morgan fingerprint density at radius 2 is 2.11 bits per heavy atom. The van der Waals surface area contributed by atoms with Gasteiger partial charge < -0.3 is 5.73 Å². The molecule has 0 saturated heterocycles. The highest BCUT2D eigenvalue weighted by Crippen LogP contribution is 2.25. The maximum atomic E-state index is 11.9. The summed E-state index contributed by atoms with van der Waals surface area (Å²) in [5, 5.41) is 0.478. The summed E-state index contributed by atoms with van der Waals surface area (Å²) >= 11 is 8.93. The summed E-state index contributed by atoms with van der Waals surface area (Å²) in [4.78, 5) is 0.173. The van der Waals surface area contributed by atoms with E-state index in [0.717, 1.165) is 0 Å². The van der Waals surface area contributed by atoms with Gasteiger partial charge in [0.25, 0.3) is 0 Å². The van der Waals surface area contributed by atoms with E-state index in [-0.39, 0.29) is 23.3 Å². The summed E-state index contributed by atoms with van der Waals surface area (Å²) in [5.74, 6) is 0. The number of rotatable bonds is 5. The second-order valence-corrected chi connectivity index (χ2v) is 6.76. The Hall–Kier alpha value is 0.150. The van der Waals surface area contributed by atoms with Gasteiger partial charge in [-0.1, -0.05) is 11.6 Å². The van der Waals surface area contributed by atoms with Crippen molar-refractivity contribution in [1.82, 2.24) is 4.72 Å². The van der Waals surface area contributed by atoms with E-state index >= 15 is 0 Å². The number of hydrogen-bond acceptors (Lipinski definition) is 3. The molecule has 0 fully saturated rings. The number of benzene rings is 1. The average molecular weight is 378 g/mol. The molecule has 0 spiro atoms. The van der Waals surface area contributed by atoms with Crippen LogP contribution in [0.2, 0.25) is 5.02 Å². The molecule has 3 N–H and O–H groups in total. The highest BCUT2D eigenvalue weighted by atomic mass is 79.9. The van der Waals surface area contributed by atoms with E-state index in [1.807, 2.05) is 6.92 Å². The molecule has 1 atom stereocenters. The fraction of sp³-hybridized carbons (Fsp3) is 0.400. The zero-order chi connectivity index (χ0) is 13.1. The SMILES string of the molecule is CC(N)CCNS(=O)(=O)c1ccc(Cl)cc1Br.Cl. The van der Waals surface area contributed by atoms with Gasteiger partial charge in [-0.2, -0.15) is 0 Å². The lowest BCUT2D eigenvalue weighted by atomic mass is 10.3. The van der Waals surface area contributed by atoms with Crippen LogP contribution >= 0.6 is 39.9 Å². The first kappa shape index (κ1) is 18.1. The molecule has 1 unspecified atom stereocenters. The number of hydrogen-bond donors (Lipinski definition) is 2. The van der Waals surface area contributed by atoms with Gasteiger partial charge in [0.05, 0.1) is 4.90 Å². The second kappa shape index (κ2) is 7.67. The molecular formula is C10H15BrCl2N2O2S. The predicted octanol–water partition coefficient (Wildman–Crippen LogP) is 2.54. The zero-order valence-electron chi connectivity index (χ0n) is 9.69. The van der Waals surface area contributed by atoms with Gasteiger partial charge in [-0.25, -0.2) is 13.1 Å². The molecule has 1 aromatic carbocycles. The Labute approximate surface area is 127 Å². The van der Waals surface area contributed by atoms with Crippen molar-refractivity contribution in [2.24, 2.45) is 5.73 Å². The minimum Gasteiger partial charge on any atom is -0.328 e. The summed E-state index contributed by atoms with van der Waals surface area (Å²) < 4.78 is 26.8. The molecule has 8 heteroatoms. The van der Waals surface area contributed by atoms with Crippen LogP contribution in [0.15, 0.2) is 27.6 Å². The zero-order valence-corrected chi connectivity index (χ0v) is 13.7. The average Bonchev–Trinajstić information content (AvgIpc) is 2.15. The molecule has 0 aromatic heterocycles. The van der Waals surface area contributed by atoms with Crippen molar-refractivity contribution in [2.75, 3.05) is 6.54 Å². The van der Waals surface area contributed by atoms with E-state index in [9.17, 15) is 8.42 Å². The summed E-state index contributed by atoms with van der Waals surface area (Å²) in [5.41, 5.74) is 5.55. The van der Waals surface area contributed by atoms with E-state index in [1.165, 1.54) is 12.1 Å². The van der Waals surface area contributed by atoms with Crippen molar-refractivity contribution < 1.29 is 8.42 Å². The Morgan fingerprint density at radius 3 is 2.61 bits per heavy atom. The summed E-state index contributed by atoms with van der Waals surface area (Å²) in [6.07, 6.45) is 0.588. The molecule has 0 aliphatic heterocycles. The predicted molar refractivity (Wildman–Crippen MR) is 79.9 cm³/mol. The van der Waals surface area contributed by atoms with Crippen molar-refractivity contribution in [1.29, 1.82) is 0 Å². The Kier molecular flexibility index (Phi) is 7.73. The lowest BCUT2D eigenvalue weighted by molar-refractivity contribution is 0.571. The highest BCUT2D eigenvalue weighted by molar-refractivity contribution is 9.10. The van der Waals surface area contributed by atoms with Crippen LogP contribution in [0.1, 0.15) is 13.3 Å². The van der Waals surface area contributed by atoms with Crippen molar-refractivity contribution in [3.8, 4) is 0 Å². The number of nitrogens with two attached hydrogens (primary N) is 1. The molecule has 0 aliphatic carbocycles. The monoisotopic (exact) mass is 376 g/mol. The molecule has 0 saturated carbocycles. The molecule has 0 aliphatic rings. The van der Waals surface area contributed by atoms with E-state index in [2.05, 4.69) is 20.7 Å². The van der Waals surface area contributed by atoms with E-state index < -0.39 is 10.0 Å². The van der Waals surface area contributed by atoms with Crippen LogP contribution < -0.4 is 10.5 Å². The topological polar surface area (TPSA) is 72.2 Å². The molecule has 4 nitrogen and oxygen atoms in total. The molecule has 1 aromatic rings. The maximum absolute atomic E-state index is 11.9. The molecule has 0 bridgehead atoms. The second-order valence-electron chi connectivity index (χ2n) is 3.74. The molecular weight excluding hydrogens is 363 g/mol. The van der Waals surface area contributed by atoms with Crippen LogP contribution in [0, 0.1) is 0 Å². The smallest absolute Gasteiger partial charge is 0.241 e. The summed E-state index contributed by atoms with van der Waals surface area (Å²) in [6, 6.07) is 4.50. The highest BCUT2D eigenvalue weighted by Gasteiger charge is 2.17. The normalized spacial score (nSPS) is 12.9. The molecule has 18 heavy (non-hydrogen) atoms. The van der Waals surface area contributed by atoms with Crippen LogP contribution in [-0.2, 0) is 10.0 Å². The van der Waals surface area contributed by atoms with Crippen LogP contribution in [0.25, 0.3) is 0 Å². The van der Waals surface area contributed by atoms with Crippen LogP contribution in [0.3, 0.4) is 0 Å². The van der Waals surface area contributed by atoms with Gasteiger partial charge in [-0.05, 0) is 47.5 Å². The Balaban J connectivity index is 0.00000289. The third-order valence-electron chi connectivity index (χ3n) is 2.08. The number of halogens is 3. The van der Waals surface area contributed by atoms with Crippen LogP contribution in [-0.4, -0.2) is 21.0 Å². The first-order valence-corrected chi connectivity index (χ1v) is 7.68. The Morgan fingerprint density at radius 1 is 1.50 bits per heavy atom. The third kappa shape index (κ3) is 5.42. The quantitative estimate of drug-likeness (QED) is 0.828. The van der Waals surface area contributed by atoms with E-state index in [0.29, 0.717) is 22.5 Å². The molecule has 0 amide bonds. The van der Waals surface area contributed by atoms with Gasteiger partial charge in [0.1, 0.15) is 0 Å². The fourth-order valence-corrected chi connectivity index (χ4v) is 3.62. The lowest BCUT2D eigenvalue weighted by Crippen LogP contribution is -2.29. The summed E-state index contributed by atoms with van der Waals surface area (Å²) in [6.45, 7) is 2.14. The van der Waals surface area contributed by atoms with Crippen molar-refractivity contribution in [3.63, 3.8) is 0 Å². The van der Waals surface area contributed by atoms with E-state index in [1.54, 1.807) is 6.07 Å². The van der Waals surface area contributed by atoms with Gasteiger partial charge in [0, 0.05) is 22.1 Å². The van der Waals surface area contributed by atoms with E-state index in [4.69, 9.17) is 17.3 Å². The molecule has 104 valence electrons. The minimum absolute atomic E-state index is 0. The first-order valence-electron chi connectivity index (χ1n) is 5.03. The lowest BCUT2D eigenvalue weighted by Gasteiger charge is -2.09. The van der Waals surface area contributed by atoms with Crippen molar-refractivity contribution >= 4 is 50.0 Å². The molecule has 1 rings (SSSR count). The minimum atomic E-state index is -3.51. The molecule has 0 radical (unpaired) electrons. The van der Waals surface area contributed by atoms with Crippen molar-refractivity contribution in [3.05, 3.63) is 27.7 Å². The largest absolute Gasteiger partial charge is 0.328 e. The van der Waals surface area contributed by atoms with Crippen LogP contribution in [0.4, 0.5) is 0 Å². The van der Waals surface area contributed by atoms with Gasteiger partial charge in [-0.15, -0.1) is 12.4 Å². The van der Waals surface area contributed by atoms with Crippen molar-refractivity contribution in [2.45, 2.75) is 24.3 Å². The first-order chi connectivity index (χ1) is 7.83. The van der Waals surface area contributed by atoms with Gasteiger partial charge in [0.2, 0.25) is 10.0 Å². The summed E-state index contributed by atoms with van der Waals surface area (Å²) in [7, 11) is -3.51. The number of nitrogens with one attached hydrogen (secondary N) is 1. The van der Waals surface area contributed by atoms with Crippen LogP contribution in [0.5, 0.6) is 0 Å². The number of sulfonamides is 1. The van der Waals surface area contributed by atoms with Gasteiger partial charge >= 0.3 is 0 Å². The molecule has 0 heterocycles. The third-order valence-corrected chi connectivity index (χ3v) is 4.75.